The van der Waals surface area contributed by atoms with Crippen molar-refractivity contribution >= 4 is 26.8 Å². The zero-order valence-corrected chi connectivity index (χ0v) is 19.5. The lowest BCUT2D eigenvalue weighted by Crippen LogP contribution is -2.47. The number of fused-ring (bicyclic) bond motifs is 1. The molecule has 1 saturated heterocycles. The molecule has 0 bridgehead atoms. The fraction of sp³-hybridized carbons (Fsp3) is 0.435. The minimum absolute atomic E-state index is 0.0185. The molecule has 2 aromatic heterocycles. The van der Waals surface area contributed by atoms with Crippen LogP contribution in [0.2, 0.25) is 0 Å². The number of hydrogen-bond donors (Lipinski definition) is 0. The monoisotopic (exact) mass is 457 g/mol. The second-order valence-corrected chi connectivity index (χ2v) is 11.1. The van der Waals surface area contributed by atoms with Crippen molar-refractivity contribution in [1.82, 2.24) is 14.1 Å². The van der Waals surface area contributed by atoms with Gasteiger partial charge in [0, 0.05) is 35.7 Å². The van der Waals surface area contributed by atoms with Gasteiger partial charge in [-0.3, -0.25) is 9.36 Å². The Labute approximate surface area is 186 Å². The normalized spacial score (nSPS) is 16.8. The fourth-order valence-electron chi connectivity index (χ4n) is 4.47. The maximum absolute atomic E-state index is 13.3. The van der Waals surface area contributed by atoms with Gasteiger partial charge in [0.1, 0.15) is 5.75 Å². The third-order valence-corrected chi connectivity index (χ3v) is 7.94. The predicted molar refractivity (Wildman–Crippen MR) is 123 cm³/mol. The zero-order valence-electron chi connectivity index (χ0n) is 18.7. The summed E-state index contributed by atoms with van der Waals surface area (Å²) in [6.07, 6.45) is 1.59. The third-order valence-electron chi connectivity index (χ3n) is 5.67. The van der Waals surface area contributed by atoms with E-state index in [2.05, 4.69) is 4.98 Å². The highest BCUT2D eigenvalue weighted by Gasteiger charge is 2.45. The van der Waals surface area contributed by atoms with Crippen LogP contribution < -0.4 is 10.4 Å². The van der Waals surface area contributed by atoms with Gasteiger partial charge in [0.2, 0.25) is 0 Å². The van der Waals surface area contributed by atoms with Crippen molar-refractivity contribution in [3.63, 3.8) is 0 Å². The Kier molecular flexibility index (Phi) is 5.48. The lowest BCUT2D eigenvalue weighted by Gasteiger charge is -2.37. The number of nitrogens with zero attached hydrogens (tertiary/aromatic N) is 3. The second-order valence-electron chi connectivity index (χ2n) is 9.02. The first-order chi connectivity index (χ1) is 15.0. The van der Waals surface area contributed by atoms with Crippen LogP contribution in [-0.2, 0) is 9.84 Å². The van der Waals surface area contributed by atoms with E-state index < -0.39 is 15.3 Å². The Hall–Kier alpha value is -2.94. The van der Waals surface area contributed by atoms with E-state index in [4.69, 9.17) is 4.74 Å². The van der Waals surface area contributed by atoms with Gasteiger partial charge in [0.15, 0.2) is 21.3 Å². The fourth-order valence-corrected chi connectivity index (χ4v) is 6.71. The van der Waals surface area contributed by atoms with E-state index >= 15 is 0 Å². The number of ketones is 1. The molecule has 0 unspecified atom stereocenters. The van der Waals surface area contributed by atoms with E-state index in [9.17, 15) is 18.0 Å². The molecule has 9 heteroatoms. The Morgan fingerprint density at radius 2 is 1.97 bits per heavy atom. The molecule has 3 heterocycles. The average molecular weight is 458 g/mol. The lowest BCUT2D eigenvalue weighted by atomic mass is 9.86. The second kappa shape index (κ2) is 7.88. The molecule has 8 nitrogen and oxygen atoms in total. The molecule has 0 amide bonds. The smallest absolute Gasteiger partial charge is 0.335 e. The predicted octanol–water partition coefficient (Wildman–Crippen LogP) is 3.17. The van der Waals surface area contributed by atoms with Crippen LogP contribution in [-0.4, -0.2) is 46.4 Å². The molecular weight excluding hydrogens is 430 g/mol. The largest absolute Gasteiger partial charge is 0.494 e. The van der Waals surface area contributed by atoms with Crippen molar-refractivity contribution in [2.45, 2.75) is 40.2 Å². The van der Waals surface area contributed by atoms with Crippen molar-refractivity contribution in [1.29, 1.82) is 0 Å². The molecule has 3 aromatic rings. The number of carbonyl (C=O) groups excluding carboxylic acids is 1. The number of carbonyl (C=O) groups is 1. The maximum Gasteiger partial charge on any atom is 0.335 e. The summed E-state index contributed by atoms with van der Waals surface area (Å²) < 4.78 is 31.9. The van der Waals surface area contributed by atoms with Crippen LogP contribution >= 0.6 is 0 Å². The minimum atomic E-state index is -3.04. The van der Waals surface area contributed by atoms with E-state index in [0.717, 1.165) is 0 Å². The first kappa shape index (κ1) is 22.3. The summed E-state index contributed by atoms with van der Waals surface area (Å²) in [5.74, 6) is 0.512. The summed E-state index contributed by atoms with van der Waals surface area (Å²) in [7, 11) is -3.04. The minimum Gasteiger partial charge on any atom is -0.494 e. The van der Waals surface area contributed by atoms with Gasteiger partial charge in [0.05, 0.1) is 29.3 Å². The Morgan fingerprint density at radius 3 is 2.59 bits per heavy atom. The van der Waals surface area contributed by atoms with E-state index in [1.165, 1.54) is 10.8 Å². The number of ether oxygens (including phenoxy) is 1. The Morgan fingerprint density at radius 1 is 1.25 bits per heavy atom. The van der Waals surface area contributed by atoms with Crippen LogP contribution in [0.15, 0.2) is 41.3 Å². The molecular formula is C23H27N3O5S. The highest BCUT2D eigenvalue weighted by atomic mass is 32.2. The molecule has 0 N–H and O–H groups in total. The molecule has 0 saturated carbocycles. The van der Waals surface area contributed by atoms with E-state index in [-0.39, 0.29) is 35.4 Å². The SMILES string of the molecule is CCOc1cccc(-n2c(=O)n(C(C)C)c3cc(C(=O)CC4(C)CS(=O)(=O)C4)cnc32)c1. The van der Waals surface area contributed by atoms with Crippen molar-refractivity contribution in [3.05, 3.63) is 52.6 Å². The third kappa shape index (κ3) is 3.97. The standard InChI is InChI=1S/C23H27N3O5S/c1-5-31-18-8-6-7-17(10-18)26-21-19(25(15(2)3)22(26)28)9-16(12-24-21)20(27)11-23(4)13-32(29,30)14-23/h6-10,12,15H,5,11,13-14H2,1-4H3. The highest BCUT2D eigenvalue weighted by Crippen LogP contribution is 2.37. The van der Waals surface area contributed by atoms with Gasteiger partial charge in [-0.15, -0.1) is 0 Å². The number of aromatic nitrogens is 3. The molecule has 1 aliphatic rings. The first-order valence-corrected chi connectivity index (χ1v) is 12.5. The number of rotatable bonds is 7. The van der Waals surface area contributed by atoms with Gasteiger partial charge in [-0.1, -0.05) is 13.0 Å². The van der Waals surface area contributed by atoms with Crippen molar-refractivity contribution in [3.8, 4) is 11.4 Å². The number of sulfone groups is 1. The van der Waals surface area contributed by atoms with Crippen molar-refractivity contribution < 1.29 is 17.9 Å². The van der Waals surface area contributed by atoms with Gasteiger partial charge in [-0.05, 0) is 39.0 Å². The van der Waals surface area contributed by atoms with Crippen LogP contribution in [0.1, 0.15) is 50.5 Å². The Balaban J connectivity index is 1.78. The highest BCUT2D eigenvalue weighted by molar-refractivity contribution is 7.92. The molecule has 1 aliphatic heterocycles. The molecule has 0 spiro atoms. The van der Waals surface area contributed by atoms with E-state index in [1.54, 1.807) is 16.7 Å². The van der Waals surface area contributed by atoms with Gasteiger partial charge in [0.25, 0.3) is 0 Å². The molecule has 170 valence electrons. The summed E-state index contributed by atoms with van der Waals surface area (Å²) >= 11 is 0. The van der Waals surface area contributed by atoms with Gasteiger partial charge in [-0.2, -0.15) is 0 Å². The number of pyridine rings is 1. The van der Waals surface area contributed by atoms with Crippen molar-refractivity contribution in [2.75, 3.05) is 18.1 Å². The van der Waals surface area contributed by atoms with Gasteiger partial charge < -0.3 is 4.74 Å². The van der Waals surface area contributed by atoms with Gasteiger partial charge >= 0.3 is 5.69 Å². The molecule has 1 aromatic carbocycles. The van der Waals surface area contributed by atoms with Gasteiger partial charge in [-0.25, -0.2) is 22.8 Å². The van der Waals surface area contributed by atoms with Crippen LogP contribution in [0.5, 0.6) is 5.75 Å². The van der Waals surface area contributed by atoms with Crippen LogP contribution in [0, 0.1) is 5.41 Å². The number of Topliss-reactive ketones (excluding diaryl/α,β-unsaturated/α-hetero) is 1. The van der Waals surface area contributed by atoms with Crippen molar-refractivity contribution in [2.24, 2.45) is 5.41 Å². The van der Waals surface area contributed by atoms with E-state index in [0.29, 0.717) is 34.8 Å². The number of imidazole rings is 1. The summed E-state index contributed by atoms with van der Waals surface area (Å²) in [4.78, 5) is 30.7. The average Bonchev–Trinajstić information content (AvgIpc) is 2.97. The molecule has 32 heavy (non-hydrogen) atoms. The quantitative estimate of drug-likeness (QED) is 0.505. The summed E-state index contributed by atoms with van der Waals surface area (Å²) in [5, 5.41) is 0. The van der Waals surface area contributed by atoms with Crippen LogP contribution in [0.3, 0.4) is 0 Å². The first-order valence-electron chi connectivity index (χ1n) is 10.6. The number of hydrogen-bond acceptors (Lipinski definition) is 6. The summed E-state index contributed by atoms with van der Waals surface area (Å²) in [5.41, 5.74) is 1.21. The zero-order chi connectivity index (χ0) is 23.3. The maximum atomic E-state index is 13.3. The van der Waals surface area contributed by atoms with Crippen LogP contribution in [0.4, 0.5) is 0 Å². The Bertz CT molecular complexity index is 1360. The molecule has 0 aliphatic carbocycles. The lowest BCUT2D eigenvalue weighted by molar-refractivity contribution is 0.0936. The summed E-state index contributed by atoms with van der Waals surface area (Å²) in [6.45, 7) is 8.01. The molecule has 4 rings (SSSR count). The summed E-state index contributed by atoms with van der Waals surface area (Å²) in [6, 6.07) is 8.77. The van der Waals surface area contributed by atoms with Crippen LogP contribution in [0.25, 0.3) is 16.9 Å². The topological polar surface area (TPSA) is 100 Å². The molecule has 1 fully saturated rings. The molecule has 0 atom stereocenters. The number of benzene rings is 1. The van der Waals surface area contributed by atoms with E-state index in [1.807, 2.05) is 45.9 Å². The molecule has 0 radical (unpaired) electrons.